The molecule has 1 saturated heterocycles. The zero-order valence-electron chi connectivity index (χ0n) is 14.0. The first-order chi connectivity index (χ1) is 12.1. The number of rotatable bonds is 4. The van der Waals surface area contributed by atoms with Crippen LogP contribution in [0.4, 0.5) is 4.39 Å². The van der Waals surface area contributed by atoms with Crippen LogP contribution in [0.2, 0.25) is 0 Å². The number of benzene rings is 1. The molecular weight excluding hydrogens is 321 g/mol. The SMILES string of the molecule is CN1C(=O)CCC(C(=O)NCc2cccnc2)C1c1ccc(F)cc1. The van der Waals surface area contributed by atoms with Crippen molar-refractivity contribution in [2.45, 2.75) is 25.4 Å². The molecule has 2 heterocycles. The Labute approximate surface area is 145 Å². The molecule has 0 bridgehead atoms. The summed E-state index contributed by atoms with van der Waals surface area (Å²) in [5.41, 5.74) is 1.67. The normalized spacial score (nSPS) is 20.4. The Hall–Kier alpha value is -2.76. The van der Waals surface area contributed by atoms with Crippen molar-refractivity contribution in [1.82, 2.24) is 15.2 Å². The van der Waals surface area contributed by atoms with E-state index < -0.39 is 6.04 Å². The molecule has 1 aromatic heterocycles. The number of aromatic nitrogens is 1. The van der Waals surface area contributed by atoms with Gasteiger partial charge >= 0.3 is 0 Å². The summed E-state index contributed by atoms with van der Waals surface area (Å²) in [5.74, 6) is -0.834. The Kier molecular flexibility index (Phi) is 5.07. The van der Waals surface area contributed by atoms with E-state index in [1.54, 1.807) is 36.5 Å². The number of likely N-dealkylation sites (tertiary alicyclic amines) is 1. The van der Waals surface area contributed by atoms with Crippen LogP contribution in [0, 0.1) is 11.7 Å². The van der Waals surface area contributed by atoms with Crippen LogP contribution in [0.3, 0.4) is 0 Å². The minimum atomic E-state index is -0.393. The Morgan fingerprint density at radius 1 is 1.32 bits per heavy atom. The van der Waals surface area contributed by atoms with E-state index in [-0.39, 0.29) is 23.5 Å². The number of pyridine rings is 1. The minimum absolute atomic E-state index is 0.00867. The standard InChI is InChI=1S/C19H20FN3O2/c1-23-17(24)9-8-16(18(23)14-4-6-15(20)7-5-14)19(25)22-12-13-3-2-10-21-11-13/h2-7,10-11,16,18H,8-9,12H2,1H3,(H,22,25). The Morgan fingerprint density at radius 3 is 2.76 bits per heavy atom. The van der Waals surface area contributed by atoms with Crippen molar-refractivity contribution in [2.75, 3.05) is 7.05 Å². The molecular formula is C19H20FN3O2. The number of halogens is 1. The second kappa shape index (κ2) is 7.42. The average Bonchev–Trinajstić information content (AvgIpc) is 2.63. The summed E-state index contributed by atoms with van der Waals surface area (Å²) in [7, 11) is 1.69. The van der Waals surface area contributed by atoms with Gasteiger partial charge in [0.1, 0.15) is 5.82 Å². The number of carbonyl (C=O) groups is 2. The Balaban J connectivity index is 1.78. The fourth-order valence-electron chi connectivity index (χ4n) is 3.25. The molecule has 1 aromatic carbocycles. The van der Waals surface area contributed by atoms with Gasteiger partial charge in [-0.2, -0.15) is 0 Å². The number of amides is 2. The van der Waals surface area contributed by atoms with Gasteiger partial charge in [-0.15, -0.1) is 0 Å². The van der Waals surface area contributed by atoms with Crippen molar-refractivity contribution in [1.29, 1.82) is 0 Å². The molecule has 1 fully saturated rings. The first-order valence-corrected chi connectivity index (χ1v) is 8.24. The number of nitrogens with zero attached hydrogens (tertiary/aromatic N) is 2. The fourth-order valence-corrected chi connectivity index (χ4v) is 3.25. The molecule has 3 rings (SSSR count). The summed E-state index contributed by atoms with van der Waals surface area (Å²) >= 11 is 0. The second-order valence-corrected chi connectivity index (χ2v) is 6.23. The van der Waals surface area contributed by atoms with Gasteiger partial charge in [0, 0.05) is 32.4 Å². The van der Waals surface area contributed by atoms with Crippen molar-refractivity contribution in [3.63, 3.8) is 0 Å². The van der Waals surface area contributed by atoms with Gasteiger partial charge in [-0.05, 0) is 35.7 Å². The van der Waals surface area contributed by atoms with E-state index >= 15 is 0 Å². The Bertz CT molecular complexity index is 749. The highest BCUT2D eigenvalue weighted by molar-refractivity contribution is 5.84. The molecule has 6 heteroatoms. The van der Waals surface area contributed by atoms with E-state index in [1.807, 2.05) is 12.1 Å². The van der Waals surface area contributed by atoms with Crippen LogP contribution in [0.15, 0.2) is 48.8 Å². The molecule has 130 valence electrons. The molecule has 0 radical (unpaired) electrons. The highest BCUT2D eigenvalue weighted by Crippen LogP contribution is 2.35. The van der Waals surface area contributed by atoms with Crippen LogP contribution in [0.25, 0.3) is 0 Å². The molecule has 1 aliphatic heterocycles. The van der Waals surface area contributed by atoms with E-state index in [0.717, 1.165) is 11.1 Å². The second-order valence-electron chi connectivity index (χ2n) is 6.23. The molecule has 0 saturated carbocycles. The van der Waals surface area contributed by atoms with E-state index in [2.05, 4.69) is 10.3 Å². The maximum Gasteiger partial charge on any atom is 0.225 e. The molecule has 2 aromatic rings. The van der Waals surface area contributed by atoms with Crippen LogP contribution in [-0.4, -0.2) is 28.7 Å². The van der Waals surface area contributed by atoms with Crippen LogP contribution < -0.4 is 5.32 Å². The minimum Gasteiger partial charge on any atom is -0.352 e. The van der Waals surface area contributed by atoms with E-state index in [9.17, 15) is 14.0 Å². The lowest BCUT2D eigenvalue weighted by Crippen LogP contribution is -2.46. The highest BCUT2D eigenvalue weighted by atomic mass is 19.1. The molecule has 2 amide bonds. The predicted octanol–water partition coefficient (Wildman–Crippen LogP) is 2.45. The maximum absolute atomic E-state index is 13.2. The molecule has 5 nitrogen and oxygen atoms in total. The summed E-state index contributed by atoms with van der Waals surface area (Å²) in [6.45, 7) is 0.386. The van der Waals surface area contributed by atoms with Gasteiger partial charge in [0.15, 0.2) is 0 Å². The number of hydrogen-bond acceptors (Lipinski definition) is 3. The van der Waals surface area contributed by atoms with Crippen LogP contribution in [0.5, 0.6) is 0 Å². The first kappa shape index (κ1) is 17.1. The molecule has 25 heavy (non-hydrogen) atoms. The fraction of sp³-hybridized carbons (Fsp3) is 0.316. The van der Waals surface area contributed by atoms with Crippen molar-refractivity contribution in [3.05, 3.63) is 65.7 Å². The van der Waals surface area contributed by atoms with Gasteiger partial charge < -0.3 is 10.2 Å². The zero-order valence-corrected chi connectivity index (χ0v) is 14.0. The summed E-state index contributed by atoms with van der Waals surface area (Å²) in [6.07, 6.45) is 4.19. The lowest BCUT2D eigenvalue weighted by atomic mass is 9.84. The van der Waals surface area contributed by atoms with Gasteiger partial charge in [-0.1, -0.05) is 18.2 Å². The van der Waals surface area contributed by atoms with Crippen molar-refractivity contribution in [2.24, 2.45) is 5.92 Å². The zero-order chi connectivity index (χ0) is 17.8. The van der Waals surface area contributed by atoms with E-state index in [0.29, 0.717) is 19.4 Å². The molecule has 1 N–H and O–H groups in total. The molecule has 2 atom stereocenters. The van der Waals surface area contributed by atoms with Crippen molar-refractivity contribution < 1.29 is 14.0 Å². The topological polar surface area (TPSA) is 62.3 Å². The van der Waals surface area contributed by atoms with Gasteiger partial charge in [0.25, 0.3) is 0 Å². The number of nitrogens with one attached hydrogen (secondary N) is 1. The monoisotopic (exact) mass is 341 g/mol. The molecule has 2 unspecified atom stereocenters. The predicted molar refractivity (Wildman–Crippen MR) is 90.7 cm³/mol. The highest BCUT2D eigenvalue weighted by Gasteiger charge is 2.38. The van der Waals surface area contributed by atoms with Crippen molar-refractivity contribution in [3.8, 4) is 0 Å². The van der Waals surface area contributed by atoms with Gasteiger partial charge in [-0.3, -0.25) is 14.6 Å². The van der Waals surface area contributed by atoms with Gasteiger partial charge in [0.2, 0.25) is 11.8 Å². The van der Waals surface area contributed by atoms with Crippen LogP contribution >= 0.6 is 0 Å². The van der Waals surface area contributed by atoms with Gasteiger partial charge in [0.05, 0.1) is 12.0 Å². The smallest absolute Gasteiger partial charge is 0.225 e. The molecule has 0 aliphatic carbocycles. The van der Waals surface area contributed by atoms with Crippen LogP contribution in [-0.2, 0) is 16.1 Å². The third-order valence-electron chi connectivity index (χ3n) is 4.60. The molecule has 1 aliphatic rings. The number of carbonyl (C=O) groups excluding carboxylic acids is 2. The number of piperidine rings is 1. The van der Waals surface area contributed by atoms with E-state index in [1.165, 1.54) is 12.1 Å². The average molecular weight is 341 g/mol. The van der Waals surface area contributed by atoms with Crippen LogP contribution in [0.1, 0.15) is 30.0 Å². The van der Waals surface area contributed by atoms with Crippen molar-refractivity contribution >= 4 is 11.8 Å². The number of hydrogen-bond donors (Lipinski definition) is 1. The maximum atomic E-state index is 13.2. The molecule has 0 spiro atoms. The quantitative estimate of drug-likeness (QED) is 0.929. The first-order valence-electron chi connectivity index (χ1n) is 8.24. The lowest BCUT2D eigenvalue weighted by molar-refractivity contribution is -0.141. The third kappa shape index (κ3) is 3.84. The Morgan fingerprint density at radius 2 is 2.08 bits per heavy atom. The van der Waals surface area contributed by atoms with E-state index in [4.69, 9.17) is 0 Å². The van der Waals surface area contributed by atoms with Gasteiger partial charge in [-0.25, -0.2) is 4.39 Å². The summed E-state index contributed by atoms with van der Waals surface area (Å²) < 4.78 is 13.2. The lowest BCUT2D eigenvalue weighted by Gasteiger charge is -2.38. The summed E-state index contributed by atoms with van der Waals surface area (Å²) in [4.78, 5) is 30.5. The largest absolute Gasteiger partial charge is 0.352 e. The third-order valence-corrected chi connectivity index (χ3v) is 4.60. The summed E-state index contributed by atoms with van der Waals surface area (Å²) in [5, 5.41) is 2.92. The summed E-state index contributed by atoms with van der Waals surface area (Å²) in [6, 6.07) is 9.29.